The fraction of sp³-hybridized carbons (Fsp3) is 0.318. The van der Waals surface area contributed by atoms with Gasteiger partial charge in [-0.3, -0.25) is 14.4 Å². The lowest BCUT2D eigenvalue weighted by Gasteiger charge is -2.41. The van der Waals surface area contributed by atoms with E-state index in [1.165, 1.54) is 0 Å². The van der Waals surface area contributed by atoms with Crippen LogP contribution in [-0.2, 0) is 14.4 Å². The maximum atomic E-state index is 13.3. The van der Waals surface area contributed by atoms with Crippen LogP contribution in [0, 0.1) is 0 Å². The summed E-state index contributed by atoms with van der Waals surface area (Å²) in [5.41, 5.74) is 2.37. The number of rotatable bonds is 3. The number of thioether (sulfide) groups is 1. The minimum Gasteiger partial charge on any atom is -0.331 e. The van der Waals surface area contributed by atoms with Gasteiger partial charge in [0.1, 0.15) is 6.54 Å². The van der Waals surface area contributed by atoms with E-state index in [4.69, 9.17) is 0 Å². The van der Waals surface area contributed by atoms with Crippen LogP contribution in [0.3, 0.4) is 0 Å². The Bertz CT molecular complexity index is 977. The van der Waals surface area contributed by atoms with E-state index >= 15 is 0 Å². The summed E-state index contributed by atoms with van der Waals surface area (Å²) in [4.78, 5) is 42.8. The largest absolute Gasteiger partial charge is 0.331 e. The summed E-state index contributed by atoms with van der Waals surface area (Å²) in [6.45, 7) is 2.41. The molecule has 4 rings (SSSR count). The van der Waals surface area contributed by atoms with E-state index in [9.17, 15) is 14.4 Å². The number of para-hydroxylation sites is 2. The van der Waals surface area contributed by atoms with Gasteiger partial charge in [0.05, 0.1) is 17.6 Å². The zero-order valence-electron chi connectivity index (χ0n) is 16.4. The van der Waals surface area contributed by atoms with E-state index in [0.717, 1.165) is 16.1 Å². The highest BCUT2D eigenvalue weighted by molar-refractivity contribution is 7.98. The van der Waals surface area contributed by atoms with Gasteiger partial charge in [-0.25, -0.2) is 0 Å². The predicted molar refractivity (Wildman–Crippen MR) is 114 cm³/mol. The number of benzene rings is 2. The number of carbonyl (C=O) groups is 3. The van der Waals surface area contributed by atoms with Crippen LogP contribution in [0.25, 0.3) is 0 Å². The standard InChI is InChI=1S/C22H23N3O3S/c1-14-12-24(13-21(27)25(14)18-9-5-6-10-19(18)29-2)22(28)16-11-20(26)23-17-8-4-3-7-15(16)17/h3-10,14,16H,11-13H2,1-2H3,(H,23,26). The lowest BCUT2D eigenvalue weighted by Crippen LogP contribution is -2.58. The van der Waals surface area contributed by atoms with Gasteiger partial charge in [0.15, 0.2) is 0 Å². The van der Waals surface area contributed by atoms with Crippen LogP contribution in [0.15, 0.2) is 53.4 Å². The fourth-order valence-corrected chi connectivity index (χ4v) is 4.76. The first-order chi connectivity index (χ1) is 14.0. The summed E-state index contributed by atoms with van der Waals surface area (Å²) < 4.78 is 0. The topological polar surface area (TPSA) is 69.7 Å². The molecule has 1 fully saturated rings. The van der Waals surface area contributed by atoms with Crippen LogP contribution in [-0.4, -0.2) is 48.0 Å². The van der Waals surface area contributed by atoms with Gasteiger partial charge in [-0.2, -0.15) is 0 Å². The normalized spacial score (nSPS) is 21.6. The van der Waals surface area contributed by atoms with Crippen LogP contribution in [0.2, 0.25) is 0 Å². The van der Waals surface area contributed by atoms with Crippen molar-refractivity contribution in [2.24, 2.45) is 0 Å². The highest BCUT2D eigenvalue weighted by Crippen LogP contribution is 2.35. The average Bonchev–Trinajstić information content (AvgIpc) is 2.72. The summed E-state index contributed by atoms with van der Waals surface area (Å²) in [6.07, 6.45) is 2.09. The van der Waals surface area contributed by atoms with E-state index in [0.29, 0.717) is 12.2 Å². The third-order valence-corrected chi connectivity index (χ3v) is 6.26. The molecule has 0 saturated carbocycles. The number of carbonyl (C=O) groups excluding carboxylic acids is 3. The number of hydrogen-bond acceptors (Lipinski definition) is 4. The first-order valence-corrected chi connectivity index (χ1v) is 10.8. The molecule has 0 radical (unpaired) electrons. The second-order valence-electron chi connectivity index (χ2n) is 7.40. The first kappa shape index (κ1) is 19.5. The Kier molecular flexibility index (Phi) is 5.32. The Hall–Kier alpha value is -2.80. The Morgan fingerprint density at radius 2 is 1.83 bits per heavy atom. The quantitative estimate of drug-likeness (QED) is 0.791. The maximum Gasteiger partial charge on any atom is 0.246 e. The zero-order chi connectivity index (χ0) is 20.5. The van der Waals surface area contributed by atoms with Gasteiger partial charge in [-0.1, -0.05) is 30.3 Å². The monoisotopic (exact) mass is 409 g/mol. The van der Waals surface area contributed by atoms with Gasteiger partial charge >= 0.3 is 0 Å². The SMILES string of the molecule is CSc1ccccc1N1C(=O)CN(C(=O)C2CC(=O)Nc3ccccc32)CC1C. The summed E-state index contributed by atoms with van der Waals surface area (Å²) in [6, 6.07) is 15.0. The van der Waals surface area contributed by atoms with Gasteiger partial charge in [-0.15, -0.1) is 11.8 Å². The molecule has 2 aliphatic heterocycles. The molecule has 29 heavy (non-hydrogen) atoms. The van der Waals surface area contributed by atoms with Crippen molar-refractivity contribution in [1.82, 2.24) is 4.90 Å². The van der Waals surface area contributed by atoms with Crippen molar-refractivity contribution in [3.8, 4) is 0 Å². The molecule has 0 bridgehead atoms. The summed E-state index contributed by atoms with van der Waals surface area (Å²) >= 11 is 1.60. The molecule has 2 aliphatic rings. The Balaban J connectivity index is 1.57. The highest BCUT2D eigenvalue weighted by Gasteiger charge is 2.39. The molecular formula is C22H23N3O3S. The molecular weight excluding hydrogens is 386 g/mol. The number of anilines is 2. The number of amides is 3. The molecule has 0 aromatic heterocycles. The van der Waals surface area contributed by atoms with Crippen molar-refractivity contribution in [3.63, 3.8) is 0 Å². The molecule has 150 valence electrons. The molecule has 0 spiro atoms. The molecule has 6 nitrogen and oxygen atoms in total. The van der Waals surface area contributed by atoms with Crippen molar-refractivity contribution >= 4 is 40.9 Å². The lowest BCUT2D eigenvalue weighted by atomic mass is 9.89. The van der Waals surface area contributed by atoms with E-state index in [-0.39, 0.29) is 36.7 Å². The number of nitrogens with zero attached hydrogens (tertiary/aromatic N) is 2. The third-order valence-electron chi connectivity index (χ3n) is 5.47. The van der Waals surface area contributed by atoms with Crippen molar-refractivity contribution in [2.45, 2.75) is 30.2 Å². The third kappa shape index (κ3) is 3.62. The highest BCUT2D eigenvalue weighted by atomic mass is 32.2. The smallest absolute Gasteiger partial charge is 0.246 e. The van der Waals surface area contributed by atoms with Crippen LogP contribution in [0.1, 0.15) is 24.8 Å². The summed E-state index contributed by atoms with van der Waals surface area (Å²) in [7, 11) is 0. The van der Waals surface area contributed by atoms with Crippen molar-refractivity contribution in [1.29, 1.82) is 0 Å². The fourth-order valence-electron chi connectivity index (χ4n) is 4.17. The van der Waals surface area contributed by atoms with Crippen LogP contribution >= 0.6 is 11.8 Å². The molecule has 2 atom stereocenters. The molecule has 2 heterocycles. The van der Waals surface area contributed by atoms with Crippen molar-refractivity contribution in [2.75, 3.05) is 29.6 Å². The second-order valence-corrected chi connectivity index (χ2v) is 8.24. The maximum absolute atomic E-state index is 13.3. The molecule has 2 unspecified atom stereocenters. The van der Waals surface area contributed by atoms with Gasteiger partial charge in [0.25, 0.3) is 0 Å². The number of fused-ring (bicyclic) bond motifs is 1. The molecule has 7 heteroatoms. The number of piperazine rings is 1. The Labute approximate surface area is 174 Å². The minimum atomic E-state index is -0.551. The van der Waals surface area contributed by atoms with Crippen molar-refractivity contribution in [3.05, 3.63) is 54.1 Å². The van der Waals surface area contributed by atoms with E-state index < -0.39 is 5.92 Å². The molecule has 1 N–H and O–H groups in total. The molecule has 0 aliphatic carbocycles. The van der Waals surface area contributed by atoms with Crippen LogP contribution in [0.5, 0.6) is 0 Å². The predicted octanol–water partition coefficient (Wildman–Crippen LogP) is 3.10. The molecule has 2 aromatic carbocycles. The number of nitrogens with one attached hydrogen (secondary N) is 1. The zero-order valence-corrected chi connectivity index (χ0v) is 17.2. The van der Waals surface area contributed by atoms with Crippen LogP contribution < -0.4 is 10.2 Å². The Morgan fingerprint density at radius 3 is 2.59 bits per heavy atom. The number of hydrogen-bond donors (Lipinski definition) is 1. The second kappa shape index (κ2) is 7.91. The van der Waals surface area contributed by atoms with E-state index in [2.05, 4.69) is 5.32 Å². The van der Waals surface area contributed by atoms with Gasteiger partial charge in [-0.05, 0) is 36.9 Å². The van der Waals surface area contributed by atoms with E-state index in [1.807, 2.05) is 55.6 Å². The van der Waals surface area contributed by atoms with E-state index in [1.54, 1.807) is 27.6 Å². The summed E-state index contributed by atoms with van der Waals surface area (Å²) in [5.74, 6) is -0.989. The molecule has 2 aromatic rings. The van der Waals surface area contributed by atoms with Crippen molar-refractivity contribution < 1.29 is 14.4 Å². The first-order valence-electron chi connectivity index (χ1n) is 9.62. The Morgan fingerprint density at radius 1 is 1.10 bits per heavy atom. The lowest BCUT2D eigenvalue weighted by molar-refractivity contribution is -0.140. The van der Waals surface area contributed by atoms with Gasteiger partial charge in [0, 0.05) is 23.5 Å². The van der Waals surface area contributed by atoms with Crippen LogP contribution in [0.4, 0.5) is 11.4 Å². The summed E-state index contributed by atoms with van der Waals surface area (Å²) in [5, 5.41) is 2.82. The van der Waals surface area contributed by atoms with Gasteiger partial charge in [0.2, 0.25) is 17.7 Å². The minimum absolute atomic E-state index is 0.0200. The average molecular weight is 410 g/mol. The molecule has 3 amide bonds. The molecule has 1 saturated heterocycles. The van der Waals surface area contributed by atoms with Gasteiger partial charge < -0.3 is 15.1 Å².